The number of benzene rings is 2. The molecule has 3 N–H and O–H groups in total. The van der Waals surface area contributed by atoms with E-state index >= 15 is 0 Å². The Hall–Kier alpha value is -2.22. The smallest absolute Gasteiger partial charge is 0.407 e. The van der Waals surface area contributed by atoms with Crippen LogP contribution in [0, 0.1) is 5.92 Å². The van der Waals surface area contributed by atoms with Crippen LogP contribution in [0.15, 0.2) is 59.5 Å². The van der Waals surface area contributed by atoms with Gasteiger partial charge in [0.1, 0.15) is 6.10 Å². The second-order valence-electron chi connectivity index (χ2n) is 8.65. The van der Waals surface area contributed by atoms with E-state index in [0.29, 0.717) is 19.1 Å². The zero-order valence-electron chi connectivity index (χ0n) is 19.0. The molecule has 7 heteroatoms. The van der Waals surface area contributed by atoms with Gasteiger partial charge in [-0.1, -0.05) is 44.2 Å². The highest BCUT2D eigenvalue weighted by Gasteiger charge is 2.22. The van der Waals surface area contributed by atoms with E-state index in [1.807, 2.05) is 42.5 Å². The molecule has 0 spiro atoms. The number of nitrogens with two attached hydrogens (primary N) is 1. The Morgan fingerprint density at radius 2 is 1.97 bits per heavy atom. The number of hydrogen-bond acceptors (Lipinski definition) is 6. The van der Waals surface area contributed by atoms with Gasteiger partial charge in [-0.25, -0.2) is 9.10 Å². The largest absolute Gasteiger partial charge is 0.444 e. The van der Waals surface area contributed by atoms with Gasteiger partial charge < -0.3 is 20.5 Å². The van der Waals surface area contributed by atoms with E-state index in [2.05, 4.69) is 35.6 Å². The molecular weight excluding hydrogens is 422 g/mol. The summed E-state index contributed by atoms with van der Waals surface area (Å²) in [7, 11) is 0. The molecule has 3 rings (SSSR count). The van der Waals surface area contributed by atoms with Crippen LogP contribution in [-0.2, 0) is 15.9 Å². The van der Waals surface area contributed by atoms with E-state index in [4.69, 9.17) is 15.2 Å². The molecule has 1 fully saturated rings. The second kappa shape index (κ2) is 12.7. The first-order chi connectivity index (χ1) is 15.5. The summed E-state index contributed by atoms with van der Waals surface area (Å²) in [5.41, 5.74) is 7.80. The third-order valence-corrected chi connectivity index (χ3v) is 6.29. The van der Waals surface area contributed by atoms with Crippen LogP contribution < -0.4 is 11.1 Å². The summed E-state index contributed by atoms with van der Waals surface area (Å²) in [6, 6.07) is 18.2. The number of amides is 1. The number of anilines is 1. The SMILES string of the molecule is CC(C)CN(CC[C@H](Cc1ccccc1)NC(=O)OC1CCOC1)Sc1ccc(N)cc1. The quantitative estimate of drug-likeness (QED) is 0.375. The molecule has 1 aliphatic heterocycles. The fourth-order valence-corrected chi connectivity index (χ4v) is 4.77. The van der Waals surface area contributed by atoms with Gasteiger partial charge in [-0.05, 0) is 60.5 Å². The lowest BCUT2D eigenvalue weighted by Gasteiger charge is -2.26. The summed E-state index contributed by atoms with van der Waals surface area (Å²) >= 11 is 1.74. The van der Waals surface area contributed by atoms with Gasteiger partial charge in [0.05, 0.1) is 13.2 Å². The minimum atomic E-state index is -0.358. The van der Waals surface area contributed by atoms with Crippen molar-refractivity contribution in [1.82, 2.24) is 9.62 Å². The van der Waals surface area contributed by atoms with E-state index in [0.717, 1.165) is 42.9 Å². The average molecular weight is 458 g/mol. The molecule has 6 nitrogen and oxygen atoms in total. The molecule has 1 amide bonds. The highest BCUT2D eigenvalue weighted by Crippen LogP contribution is 2.25. The van der Waals surface area contributed by atoms with E-state index in [1.54, 1.807) is 11.9 Å². The molecular formula is C25H35N3O3S. The van der Waals surface area contributed by atoms with Crippen LogP contribution in [0.3, 0.4) is 0 Å². The Morgan fingerprint density at radius 3 is 2.62 bits per heavy atom. The van der Waals surface area contributed by atoms with Crippen molar-refractivity contribution in [2.75, 3.05) is 32.0 Å². The van der Waals surface area contributed by atoms with Crippen molar-refractivity contribution in [3.63, 3.8) is 0 Å². The van der Waals surface area contributed by atoms with Gasteiger partial charge in [0.25, 0.3) is 0 Å². The minimum Gasteiger partial charge on any atom is -0.444 e. The summed E-state index contributed by atoms with van der Waals surface area (Å²) in [5.74, 6) is 0.532. The molecule has 1 unspecified atom stereocenters. The molecule has 2 aromatic carbocycles. The first-order valence-corrected chi connectivity index (χ1v) is 12.1. The summed E-state index contributed by atoms with van der Waals surface area (Å²) in [6.45, 7) is 7.37. The molecule has 1 heterocycles. The third-order valence-electron chi connectivity index (χ3n) is 5.22. The lowest BCUT2D eigenvalue weighted by atomic mass is 10.0. The Morgan fingerprint density at radius 1 is 1.22 bits per heavy atom. The van der Waals surface area contributed by atoms with Gasteiger partial charge in [0.2, 0.25) is 0 Å². The lowest BCUT2D eigenvalue weighted by molar-refractivity contribution is 0.0803. The summed E-state index contributed by atoms with van der Waals surface area (Å²) in [6.07, 6.45) is 1.84. The summed E-state index contributed by atoms with van der Waals surface area (Å²) in [4.78, 5) is 13.7. The molecule has 32 heavy (non-hydrogen) atoms. The van der Waals surface area contributed by atoms with Gasteiger partial charge in [0.15, 0.2) is 0 Å². The number of nitrogens with one attached hydrogen (secondary N) is 1. The van der Waals surface area contributed by atoms with Gasteiger partial charge in [-0.15, -0.1) is 0 Å². The number of nitrogens with zero attached hydrogens (tertiary/aromatic N) is 1. The van der Waals surface area contributed by atoms with Crippen molar-refractivity contribution >= 4 is 23.7 Å². The number of carbonyl (C=O) groups excluding carboxylic acids is 1. The average Bonchev–Trinajstić information content (AvgIpc) is 3.26. The van der Waals surface area contributed by atoms with Crippen LogP contribution in [0.25, 0.3) is 0 Å². The van der Waals surface area contributed by atoms with Gasteiger partial charge >= 0.3 is 6.09 Å². The minimum absolute atomic E-state index is 0.0195. The molecule has 174 valence electrons. The molecule has 0 aliphatic carbocycles. The fourth-order valence-electron chi connectivity index (χ4n) is 3.64. The van der Waals surface area contributed by atoms with E-state index in [1.165, 1.54) is 5.56 Å². The zero-order chi connectivity index (χ0) is 22.8. The van der Waals surface area contributed by atoms with Crippen LogP contribution in [-0.4, -0.2) is 48.8 Å². The predicted molar refractivity (Wildman–Crippen MR) is 131 cm³/mol. The van der Waals surface area contributed by atoms with Crippen LogP contribution in [0.2, 0.25) is 0 Å². The summed E-state index contributed by atoms with van der Waals surface area (Å²) in [5, 5.41) is 3.10. The highest BCUT2D eigenvalue weighted by molar-refractivity contribution is 7.97. The number of alkyl carbamates (subject to hydrolysis) is 1. The van der Waals surface area contributed by atoms with Crippen LogP contribution >= 0.6 is 11.9 Å². The Kier molecular flexibility index (Phi) is 9.71. The molecule has 0 saturated carbocycles. The lowest BCUT2D eigenvalue weighted by Crippen LogP contribution is -2.40. The van der Waals surface area contributed by atoms with E-state index in [9.17, 15) is 4.79 Å². The first kappa shape index (κ1) is 24.4. The maximum Gasteiger partial charge on any atom is 0.407 e. The fraction of sp³-hybridized carbons (Fsp3) is 0.480. The van der Waals surface area contributed by atoms with E-state index in [-0.39, 0.29) is 18.2 Å². The van der Waals surface area contributed by atoms with Crippen molar-refractivity contribution in [1.29, 1.82) is 0 Å². The molecule has 2 atom stereocenters. The highest BCUT2D eigenvalue weighted by atomic mass is 32.2. The van der Waals surface area contributed by atoms with Gasteiger partial charge in [0, 0.05) is 36.1 Å². The topological polar surface area (TPSA) is 76.8 Å². The van der Waals surface area contributed by atoms with Gasteiger partial charge in [-0.3, -0.25) is 0 Å². The van der Waals surface area contributed by atoms with Crippen molar-refractivity contribution in [3.8, 4) is 0 Å². The number of rotatable bonds is 11. The Balaban J connectivity index is 1.61. The number of carbonyl (C=O) groups is 1. The van der Waals surface area contributed by atoms with Crippen LogP contribution in [0.1, 0.15) is 32.3 Å². The molecule has 0 radical (unpaired) electrons. The van der Waals surface area contributed by atoms with Crippen LogP contribution in [0.5, 0.6) is 0 Å². The molecule has 1 aliphatic rings. The predicted octanol–water partition coefficient (Wildman–Crippen LogP) is 4.75. The number of nitrogen functional groups attached to an aromatic ring is 1. The standard InChI is InChI=1S/C25H35N3O3S/c1-19(2)17-28(32-24-10-8-21(26)9-11-24)14-12-22(16-20-6-4-3-5-7-20)27-25(29)31-23-13-15-30-18-23/h3-11,19,22-23H,12-18,26H2,1-2H3,(H,27,29)/t22-,23?/m1/s1. The zero-order valence-corrected chi connectivity index (χ0v) is 19.9. The molecule has 0 bridgehead atoms. The molecule has 0 aromatic heterocycles. The van der Waals surface area contributed by atoms with Crippen molar-refractivity contribution in [2.24, 2.45) is 5.92 Å². The summed E-state index contributed by atoms with van der Waals surface area (Å²) < 4.78 is 13.2. The first-order valence-electron chi connectivity index (χ1n) is 11.3. The van der Waals surface area contributed by atoms with Gasteiger partial charge in [-0.2, -0.15) is 0 Å². The molecule has 1 saturated heterocycles. The molecule has 2 aromatic rings. The third kappa shape index (κ3) is 8.73. The normalized spacial score (nSPS) is 16.9. The van der Waals surface area contributed by atoms with Crippen molar-refractivity contribution in [2.45, 2.75) is 50.2 Å². The Labute approximate surface area is 196 Å². The Bertz CT molecular complexity index is 811. The maximum atomic E-state index is 12.5. The van der Waals surface area contributed by atoms with E-state index < -0.39 is 0 Å². The second-order valence-corrected chi connectivity index (χ2v) is 9.82. The van der Waals surface area contributed by atoms with Crippen LogP contribution in [0.4, 0.5) is 10.5 Å². The number of hydrogen-bond donors (Lipinski definition) is 2. The maximum absolute atomic E-state index is 12.5. The number of ether oxygens (including phenoxy) is 2. The van der Waals surface area contributed by atoms with Crippen molar-refractivity contribution in [3.05, 3.63) is 60.2 Å². The monoisotopic (exact) mass is 457 g/mol. The van der Waals surface area contributed by atoms with Crippen molar-refractivity contribution < 1.29 is 14.3 Å².